The summed E-state index contributed by atoms with van der Waals surface area (Å²) in [6.07, 6.45) is 0. The van der Waals surface area contributed by atoms with Crippen molar-refractivity contribution in [2.45, 2.75) is 0 Å². The number of hydrogen-bond donors (Lipinski definition) is 1. The molecule has 0 aliphatic heterocycles. The normalized spacial score (nSPS) is 9.38. The van der Waals surface area contributed by atoms with Crippen molar-refractivity contribution in [2.75, 3.05) is 19.5 Å². The van der Waals surface area contributed by atoms with Crippen molar-refractivity contribution >= 4 is 11.4 Å². The zero-order chi connectivity index (χ0) is 9.84. The molecule has 0 spiro atoms. The summed E-state index contributed by atoms with van der Waals surface area (Å²) in [4.78, 5) is 10.1. The zero-order valence-corrected chi connectivity index (χ0v) is 7.40. The predicted molar refractivity (Wildman–Crippen MR) is 51.3 cm³/mol. The number of nitro benzene ring substituents is 1. The van der Waals surface area contributed by atoms with Crippen molar-refractivity contribution in [1.29, 1.82) is 0 Å². The van der Waals surface area contributed by atoms with E-state index in [-0.39, 0.29) is 7.11 Å². The van der Waals surface area contributed by atoms with Crippen LogP contribution >= 0.6 is 0 Å². The lowest BCUT2D eigenvalue weighted by Gasteiger charge is -2.03. The predicted octanol–water partition coefficient (Wildman–Crippen LogP) is 1.89. The molecule has 0 amide bonds. The molecule has 1 aromatic rings. The van der Waals surface area contributed by atoms with Gasteiger partial charge >= 0.3 is 0 Å². The van der Waals surface area contributed by atoms with Crippen LogP contribution in [0.15, 0.2) is 18.2 Å². The van der Waals surface area contributed by atoms with Crippen LogP contribution in [0.4, 0.5) is 11.4 Å². The molecule has 1 aromatic carbocycles. The van der Waals surface area contributed by atoms with E-state index in [1.54, 1.807) is 19.2 Å². The molecule has 5 heteroatoms. The lowest BCUT2D eigenvalue weighted by Crippen LogP contribution is -1.96. The largest absolute Gasteiger partial charge is 0.496 e. The Bertz CT molecular complexity index is 330. The van der Waals surface area contributed by atoms with E-state index >= 15 is 0 Å². The number of nitrogens with one attached hydrogen (secondary N) is 1. The second-order valence-corrected chi connectivity index (χ2v) is 2.39. The van der Waals surface area contributed by atoms with Gasteiger partial charge in [-0.3, -0.25) is 10.1 Å². The monoisotopic (exact) mass is 184 g/mol. The number of anilines is 1. The number of methoxy groups -OCH3 is 1. The van der Waals surface area contributed by atoms with E-state index in [2.05, 4.69) is 5.32 Å². The Morgan fingerprint density at radius 2 is 2.31 bits per heavy atom. The maximum absolute atomic E-state index is 10.6. The van der Waals surface area contributed by atoms with Gasteiger partial charge in [-0.15, -0.1) is 0 Å². The van der Waals surface area contributed by atoms with E-state index in [1.807, 2.05) is 0 Å². The highest BCUT2D eigenvalue weighted by Crippen LogP contribution is 2.28. The second-order valence-electron chi connectivity index (χ2n) is 2.39. The number of ether oxygens (including phenoxy) is 1. The molecule has 13 heavy (non-hydrogen) atoms. The molecule has 0 bridgehead atoms. The van der Waals surface area contributed by atoms with E-state index in [0.29, 0.717) is 11.4 Å². The maximum Gasteiger partial charge on any atom is 0.296 e. The Kier molecular flexibility index (Phi) is 2.69. The summed E-state index contributed by atoms with van der Waals surface area (Å²) >= 11 is 0. The summed E-state index contributed by atoms with van der Waals surface area (Å²) in [5.74, 6) is 0.478. The zero-order valence-electron chi connectivity index (χ0n) is 7.40. The third-order valence-corrected chi connectivity index (χ3v) is 1.67. The maximum atomic E-state index is 10.6. The molecular formula is C8H12N2O3. The summed E-state index contributed by atoms with van der Waals surface area (Å²) in [5, 5.41) is 13.3. The van der Waals surface area contributed by atoms with E-state index in [4.69, 9.17) is 4.74 Å². The lowest BCUT2D eigenvalue weighted by atomic mass is 10.2. The number of hydrogen-bond acceptors (Lipinski definition) is 4. The molecule has 0 aliphatic rings. The molecule has 0 heterocycles. The molecule has 0 unspecified atom stereocenters. The van der Waals surface area contributed by atoms with Crippen LogP contribution in [0.25, 0.3) is 0 Å². The fraction of sp³-hybridized carbons (Fsp3) is 0.250. The van der Waals surface area contributed by atoms with Crippen LogP contribution in [0.5, 0.6) is 5.75 Å². The summed E-state index contributed by atoms with van der Waals surface area (Å²) in [6, 6.07) is 4.65. The minimum absolute atomic E-state index is 0. The third-order valence-electron chi connectivity index (χ3n) is 1.67. The highest BCUT2D eigenvalue weighted by Gasteiger charge is 2.13. The summed E-state index contributed by atoms with van der Waals surface area (Å²) < 4.78 is 4.87. The van der Waals surface area contributed by atoms with Gasteiger partial charge in [-0.05, 0) is 12.1 Å². The first kappa shape index (κ1) is 9.31. The summed E-state index contributed by atoms with van der Waals surface area (Å²) in [5.41, 5.74) is 0.493. The van der Waals surface area contributed by atoms with Gasteiger partial charge in [0.2, 0.25) is 0 Å². The minimum atomic E-state index is -0.450. The van der Waals surface area contributed by atoms with Gasteiger partial charge in [0.1, 0.15) is 11.4 Å². The number of nitrogens with zero attached hydrogens (tertiary/aromatic N) is 1. The van der Waals surface area contributed by atoms with Gasteiger partial charge < -0.3 is 10.1 Å². The smallest absolute Gasteiger partial charge is 0.296 e. The number of benzene rings is 1. The van der Waals surface area contributed by atoms with Gasteiger partial charge in [-0.1, -0.05) is 0 Å². The van der Waals surface area contributed by atoms with Gasteiger partial charge in [0.05, 0.1) is 18.1 Å². The quantitative estimate of drug-likeness (QED) is 0.575. The van der Waals surface area contributed by atoms with Crippen LogP contribution in [-0.2, 0) is 0 Å². The van der Waals surface area contributed by atoms with Crippen molar-refractivity contribution < 1.29 is 11.1 Å². The third kappa shape index (κ3) is 1.87. The van der Waals surface area contributed by atoms with Crippen LogP contribution in [0.1, 0.15) is 1.43 Å². The molecule has 0 radical (unpaired) electrons. The first-order valence-electron chi connectivity index (χ1n) is 3.69. The van der Waals surface area contributed by atoms with Crippen molar-refractivity contribution in [2.24, 2.45) is 0 Å². The van der Waals surface area contributed by atoms with Crippen LogP contribution in [0.3, 0.4) is 0 Å². The average Bonchev–Trinajstić information content (AvgIpc) is 2.16. The SMILES string of the molecule is CNc1ccc(OC)cc1[N+](=O)[O-].[HH]. The van der Waals surface area contributed by atoms with Crippen molar-refractivity contribution in [3.8, 4) is 5.75 Å². The van der Waals surface area contributed by atoms with Crippen LogP contribution < -0.4 is 10.1 Å². The molecule has 1 N–H and O–H groups in total. The highest BCUT2D eigenvalue weighted by atomic mass is 16.6. The molecule has 1 rings (SSSR count). The molecule has 0 atom stereocenters. The molecule has 0 aliphatic carbocycles. The summed E-state index contributed by atoms with van der Waals surface area (Å²) in [7, 11) is 3.10. The lowest BCUT2D eigenvalue weighted by molar-refractivity contribution is -0.384. The van der Waals surface area contributed by atoms with E-state index in [1.165, 1.54) is 13.2 Å². The first-order valence-corrected chi connectivity index (χ1v) is 3.69. The topological polar surface area (TPSA) is 64.4 Å². The van der Waals surface area contributed by atoms with Gasteiger partial charge in [0.15, 0.2) is 0 Å². The molecule has 5 nitrogen and oxygen atoms in total. The van der Waals surface area contributed by atoms with E-state index in [0.717, 1.165) is 0 Å². The minimum Gasteiger partial charge on any atom is -0.496 e. The summed E-state index contributed by atoms with van der Waals surface area (Å²) in [6.45, 7) is 0. The molecular weight excluding hydrogens is 172 g/mol. The van der Waals surface area contributed by atoms with Crippen molar-refractivity contribution in [1.82, 2.24) is 0 Å². The standard InChI is InChI=1S/C8H10N2O3.H2/c1-9-7-4-3-6(13-2)5-8(7)10(11)12;/h3-5,9H,1-2H3;1H. The Labute approximate surface area is 77.0 Å². The average molecular weight is 184 g/mol. The molecule has 0 aromatic heterocycles. The number of rotatable bonds is 3. The molecule has 0 saturated carbocycles. The number of nitro groups is 1. The van der Waals surface area contributed by atoms with E-state index in [9.17, 15) is 10.1 Å². The Morgan fingerprint density at radius 3 is 2.77 bits per heavy atom. The fourth-order valence-corrected chi connectivity index (χ4v) is 1.00. The van der Waals surface area contributed by atoms with Crippen LogP contribution in [0, 0.1) is 10.1 Å². The van der Waals surface area contributed by atoms with Crippen LogP contribution in [-0.4, -0.2) is 19.1 Å². The van der Waals surface area contributed by atoms with Gasteiger partial charge in [-0.2, -0.15) is 0 Å². The second kappa shape index (κ2) is 3.75. The first-order chi connectivity index (χ1) is 6.19. The Morgan fingerprint density at radius 1 is 1.62 bits per heavy atom. The van der Waals surface area contributed by atoms with Gasteiger partial charge in [-0.25, -0.2) is 0 Å². The molecule has 0 fully saturated rings. The van der Waals surface area contributed by atoms with Gasteiger partial charge in [0.25, 0.3) is 5.69 Å². The Balaban J connectivity index is 0.00000169. The Hall–Kier alpha value is -1.78. The van der Waals surface area contributed by atoms with Crippen molar-refractivity contribution in [3.05, 3.63) is 28.3 Å². The van der Waals surface area contributed by atoms with Crippen LogP contribution in [0.2, 0.25) is 0 Å². The molecule has 0 saturated heterocycles. The fourth-order valence-electron chi connectivity index (χ4n) is 1.00. The highest BCUT2D eigenvalue weighted by molar-refractivity contribution is 5.63. The van der Waals surface area contributed by atoms with Gasteiger partial charge in [0, 0.05) is 8.47 Å². The van der Waals surface area contributed by atoms with E-state index < -0.39 is 4.92 Å². The van der Waals surface area contributed by atoms with Crippen molar-refractivity contribution in [3.63, 3.8) is 0 Å². The molecule has 72 valence electrons.